The van der Waals surface area contributed by atoms with Crippen LogP contribution in [0.2, 0.25) is 18.1 Å². The maximum atomic E-state index is 14.3. The molecule has 3 aromatic carbocycles. The molecule has 4 aliphatic heterocycles. The lowest BCUT2D eigenvalue weighted by molar-refractivity contribution is -0.199. The molecule has 8 atom stereocenters. The van der Waals surface area contributed by atoms with Crippen LogP contribution in [0.1, 0.15) is 96.1 Å². The molecule has 20 heteroatoms. The van der Waals surface area contributed by atoms with Gasteiger partial charge in [0.25, 0.3) is 5.56 Å². The topological polar surface area (TPSA) is 220 Å². The number of hydrogen-bond donors (Lipinski definition) is 3. The molecule has 0 amide bonds. The first-order chi connectivity index (χ1) is 35.6. The fraction of sp³-hybridized carbons (Fsp3) is 0.509. The van der Waals surface area contributed by atoms with E-state index in [2.05, 4.69) is 61.1 Å². The maximum absolute atomic E-state index is 14.3. The van der Waals surface area contributed by atoms with E-state index in [1.165, 1.54) is 17.0 Å². The van der Waals surface area contributed by atoms with Gasteiger partial charge in [-0.2, -0.15) is 0 Å². The van der Waals surface area contributed by atoms with Gasteiger partial charge in [-0.15, -0.1) is 0 Å². The fourth-order valence-electron chi connectivity index (χ4n) is 10.9. The van der Waals surface area contributed by atoms with Crippen molar-refractivity contribution in [1.29, 1.82) is 0 Å². The monoisotopic (exact) mass is 1050 g/mol. The number of anilines is 1. The van der Waals surface area contributed by atoms with Crippen LogP contribution in [0.15, 0.2) is 107 Å². The predicted molar refractivity (Wildman–Crippen MR) is 281 cm³/mol. The summed E-state index contributed by atoms with van der Waals surface area (Å²) in [5.41, 5.74) is 7.58. The van der Waals surface area contributed by atoms with Crippen molar-refractivity contribution in [3.8, 4) is 5.75 Å². The third-order valence-electron chi connectivity index (χ3n) is 15.9. The molecule has 4 N–H and O–H groups in total. The van der Waals surface area contributed by atoms with E-state index >= 15 is 0 Å². The summed E-state index contributed by atoms with van der Waals surface area (Å²) in [6.07, 6.45) is -3.86. The average Bonchev–Trinajstić information content (AvgIpc) is 4.18. The number of fused-ring (bicyclic) bond motifs is 3. The molecule has 4 fully saturated rings. The van der Waals surface area contributed by atoms with Crippen LogP contribution in [0.3, 0.4) is 0 Å². The van der Waals surface area contributed by atoms with Crippen molar-refractivity contribution in [2.45, 2.75) is 153 Å². The smallest absolute Gasteiger partial charge is 0.330 e. The highest BCUT2D eigenvalue weighted by molar-refractivity contribution is 6.74. The molecule has 0 radical (unpaired) electrons. The molecule has 0 aliphatic carbocycles. The molecule has 10 rings (SSSR count). The highest BCUT2D eigenvalue weighted by Crippen LogP contribution is 2.49. The Labute approximate surface area is 437 Å². The van der Waals surface area contributed by atoms with E-state index in [1.807, 2.05) is 117 Å². The van der Waals surface area contributed by atoms with Gasteiger partial charge in [-0.25, -0.2) is 19.7 Å². The lowest BCUT2D eigenvalue weighted by Gasteiger charge is -2.43. The Kier molecular flexibility index (Phi) is 14.1. The molecule has 0 unspecified atom stereocenters. The SMILES string of the molecule is COc1ccc(C(OCc2cc(=O)[nH]c(=O)n2[C@@H]2O[C@H](CNCc3nc4c(N)ncnc4n3[C@@H]3O[C@H](CO[Si](C)(C)C(C)(C)C(C)C)[C@H]4OC(C)(C)O[C@H]43)[C@H]3OC(C)(C)O[C@H]32)(c2ccccc2)c2ccccc2)cc1. The van der Waals surface area contributed by atoms with Crippen molar-refractivity contribution in [3.05, 3.63) is 146 Å². The summed E-state index contributed by atoms with van der Waals surface area (Å²) < 4.78 is 62.9. The van der Waals surface area contributed by atoms with E-state index in [9.17, 15) is 9.59 Å². The predicted octanol–water partition coefficient (Wildman–Crippen LogP) is 7.06. The quantitative estimate of drug-likeness (QED) is 0.0580. The lowest BCUT2D eigenvalue weighted by atomic mass is 9.80. The highest BCUT2D eigenvalue weighted by Gasteiger charge is 2.59. The van der Waals surface area contributed by atoms with Gasteiger partial charge in [0.15, 0.2) is 49.3 Å². The molecule has 0 bridgehead atoms. The second-order valence-corrected chi connectivity index (χ2v) is 26.7. The van der Waals surface area contributed by atoms with E-state index in [1.54, 1.807) is 7.11 Å². The number of imidazole rings is 1. The summed E-state index contributed by atoms with van der Waals surface area (Å²) >= 11 is 0. The summed E-state index contributed by atoms with van der Waals surface area (Å²) in [6.45, 7) is 21.5. The molecule has 3 aromatic heterocycles. The maximum Gasteiger partial charge on any atom is 0.330 e. The Balaban J connectivity index is 0.940. The van der Waals surface area contributed by atoms with Crippen LogP contribution in [0, 0.1) is 5.92 Å². The first-order valence-corrected chi connectivity index (χ1v) is 28.6. The van der Waals surface area contributed by atoms with Gasteiger partial charge < -0.3 is 53.4 Å². The molecule has 4 saturated heterocycles. The molecule has 19 nitrogen and oxygen atoms in total. The molecular weight excluding hydrogens is 977 g/mol. The minimum absolute atomic E-state index is 0.0117. The number of nitrogens with one attached hydrogen (secondary N) is 2. The van der Waals surface area contributed by atoms with Gasteiger partial charge in [-0.1, -0.05) is 100 Å². The van der Waals surface area contributed by atoms with Crippen LogP contribution < -0.4 is 27.0 Å². The number of nitrogen functional groups attached to an aromatic ring is 1. The standard InChI is InChI=1S/C55H70N8O11Si/c1-32(2)52(3,4)75(10,11)68-30-39-44-46(74-54(7,8)72-44)50(70-39)63-40(60-42-47(56)58-31-59-48(42)63)28-57-27-38-43-45(73-53(5,6)71-43)49(69-38)62-36(26-41(64)61-51(62)65)29-67-55(33-18-14-12-15-19-33,34-20-16-13-17-21-34)35-22-24-37(66-9)25-23-35/h12-26,31-32,38-39,43-46,49-50,57H,27-30H2,1-11H3,(H2,56,58,59)(H,61,64,65)/t38-,39-,43-,44-,45-,46-,49-,50-/m1/s1. The van der Waals surface area contributed by atoms with E-state index in [0.29, 0.717) is 35.3 Å². The number of hydrogen-bond acceptors (Lipinski definition) is 16. The van der Waals surface area contributed by atoms with Crippen LogP contribution in [0.5, 0.6) is 5.75 Å². The molecule has 7 heterocycles. The zero-order chi connectivity index (χ0) is 53.2. The van der Waals surface area contributed by atoms with Gasteiger partial charge >= 0.3 is 5.69 Å². The summed E-state index contributed by atoms with van der Waals surface area (Å²) in [4.78, 5) is 43.9. The normalized spacial score (nSPS) is 25.3. The van der Waals surface area contributed by atoms with Crippen LogP contribution in [0.25, 0.3) is 11.2 Å². The fourth-order valence-corrected chi connectivity index (χ4v) is 13.3. The number of benzene rings is 3. The van der Waals surface area contributed by atoms with E-state index in [4.69, 9.17) is 53.0 Å². The highest BCUT2D eigenvalue weighted by atomic mass is 28.4. The largest absolute Gasteiger partial charge is 0.497 e. The number of rotatable bonds is 18. The number of methoxy groups -OCH3 is 1. The van der Waals surface area contributed by atoms with Gasteiger partial charge in [-0.05, 0) is 80.6 Å². The molecule has 400 valence electrons. The Morgan fingerprint density at radius 3 is 1.95 bits per heavy atom. The minimum atomic E-state index is -2.25. The van der Waals surface area contributed by atoms with Crippen molar-refractivity contribution < 1.29 is 42.3 Å². The van der Waals surface area contributed by atoms with Gasteiger partial charge in [0.2, 0.25) is 0 Å². The molecule has 4 aliphatic rings. The second-order valence-electron chi connectivity index (χ2n) is 22.1. The van der Waals surface area contributed by atoms with Gasteiger partial charge in [-0.3, -0.25) is 18.9 Å². The number of nitrogens with two attached hydrogens (primary N) is 1. The van der Waals surface area contributed by atoms with Crippen LogP contribution >= 0.6 is 0 Å². The number of aromatic amines is 1. The molecule has 6 aromatic rings. The molecule has 0 saturated carbocycles. The van der Waals surface area contributed by atoms with E-state index in [0.717, 1.165) is 16.7 Å². The third-order valence-corrected chi connectivity index (χ3v) is 20.5. The minimum Gasteiger partial charge on any atom is -0.497 e. The Morgan fingerprint density at radius 2 is 1.35 bits per heavy atom. The molecule has 75 heavy (non-hydrogen) atoms. The molecule has 0 spiro atoms. The van der Waals surface area contributed by atoms with E-state index < -0.39 is 85.8 Å². The van der Waals surface area contributed by atoms with Gasteiger partial charge in [0, 0.05) is 12.6 Å². The number of aromatic nitrogens is 6. The summed E-state index contributed by atoms with van der Waals surface area (Å²) in [5.74, 6) is -0.0775. The van der Waals surface area contributed by atoms with Crippen LogP contribution in [0.4, 0.5) is 5.82 Å². The Bertz CT molecular complexity index is 3070. The Hall–Kier alpha value is -5.65. The number of nitrogens with zero attached hydrogens (tertiary/aromatic N) is 5. The van der Waals surface area contributed by atoms with Crippen molar-refractivity contribution >= 4 is 25.3 Å². The van der Waals surface area contributed by atoms with Crippen molar-refractivity contribution in [2.75, 3.05) is 26.0 Å². The molecular formula is C55H70N8O11Si. The second kappa shape index (κ2) is 20.0. The number of H-pyrrole nitrogens is 1. The zero-order valence-corrected chi connectivity index (χ0v) is 45.6. The zero-order valence-electron chi connectivity index (χ0n) is 44.6. The van der Waals surface area contributed by atoms with Crippen molar-refractivity contribution in [3.63, 3.8) is 0 Å². The lowest BCUT2D eigenvalue weighted by Crippen LogP contribution is -2.47. The van der Waals surface area contributed by atoms with Gasteiger partial charge in [0.05, 0.1) is 32.6 Å². The number of ether oxygens (including phenoxy) is 8. The van der Waals surface area contributed by atoms with Crippen molar-refractivity contribution in [1.82, 2.24) is 34.4 Å². The summed E-state index contributed by atoms with van der Waals surface area (Å²) in [7, 11) is -0.632. The van der Waals surface area contributed by atoms with Crippen LogP contribution in [-0.4, -0.2) is 106 Å². The Morgan fingerprint density at radius 1 is 0.787 bits per heavy atom. The first kappa shape index (κ1) is 52.8. The average molecular weight is 1050 g/mol. The van der Waals surface area contributed by atoms with Crippen molar-refractivity contribution in [2.24, 2.45) is 5.92 Å². The first-order valence-electron chi connectivity index (χ1n) is 25.7. The van der Waals surface area contributed by atoms with Crippen LogP contribution in [-0.2, 0) is 56.3 Å². The third kappa shape index (κ3) is 9.79. The van der Waals surface area contributed by atoms with E-state index in [-0.39, 0.29) is 36.2 Å². The summed E-state index contributed by atoms with van der Waals surface area (Å²) in [5, 5.41) is 3.54. The van der Waals surface area contributed by atoms with Gasteiger partial charge in [0.1, 0.15) is 60.1 Å². The summed E-state index contributed by atoms with van der Waals surface area (Å²) in [6, 6.07) is 28.7.